The summed E-state index contributed by atoms with van der Waals surface area (Å²) in [5.74, 6) is 0.164. The van der Waals surface area contributed by atoms with Crippen LogP contribution < -0.4 is 14.8 Å². The number of anilines is 1. The number of nitrogens with one attached hydrogen (secondary N) is 1. The molecule has 190 valence electrons. The van der Waals surface area contributed by atoms with Crippen LogP contribution in [0.2, 0.25) is 0 Å². The number of fused-ring (bicyclic) bond motifs is 2. The Hall–Kier alpha value is -4.57. The maximum atomic E-state index is 13.2. The third-order valence-corrected chi connectivity index (χ3v) is 7.11. The molecule has 2 aliphatic rings. The van der Waals surface area contributed by atoms with Crippen molar-refractivity contribution in [3.63, 3.8) is 0 Å². The maximum Gasteiger partial charge on any atom is 0.293 e. The Morgan fingerprint density at radius 1 is 1.03 bits per heavy atom. The van der Waals surface area contributed by atoms with Crippen LogP contribution in [-0.2, 0) is 22.7 Å². The number of hydrogen-bond donors (Lipinski definition) is 1. The van der Waals surface area contributed by atoms with E-state index in [0.29, 0.717) is 28.3 Å². The molecule has 1 aromatic heterocycles. The summed E-state index contributed by atoms with van der Waals surface area (Å²) < 4.78 is 25.7. The summed E-state index contributed by atoms with van der Waals surface area (Å²) >= 11 is 0.856. The minimum atomic E-state index is -0.415. The lowest BCUT2D eigenvalue weighted by Gasteiger charge is -2.12. The van der Waals surface area contributed by atoms with Crippen molar-refractivity contribution in [1.29, 1.82) is 0 Å². The Kier molecular flexibility index (Phi) is 6.09. The molecular formula is C28H20FN3O5S. The third kappa shape index (κ3) is 4.61. The average Bonchev–Trinajstić information content (AvgIpc) is 3.58. The Balaban J connectivity index is 1.22. The summed E-state index contributed by atoms with van der Waals surface area (Å²) in [5.41, 5.74) is 2.76. The first-order chi connectivity index (χ1) is 18.4. The van der Waals surface area contributed by atoms with E-state index in [4.69, 9.17) is 9.47 Å². The number of halogens is 1. The number of rotatable bonds is 6. The van der Waals surface area contributed by atoms with Crippen molar-refractivity contribution >= 4 is 51.5 Å². The van der Waals surface area contributed by atoms with Crippen LogP contribution in [0.3, 0.4) is 0 Å². The molecule has 3 heterocycles. The van der Waals surface area contributed by atoms with E-state index >= 15 is 0 Å². The van der Waals surface area contributed by atoms with E-state index in [-0.39, 0.29) is 36.5 Å². The van der Waals surface area contributed by atoms with Crippen LogP contribution >= 0.6 is 11.8 Å². The Labute approximate surface area is 220 Å². The van der Waals surface area contributed by atoms with E-state index in [1.807, 2.05) is 24.3 Å². The number of para-hydroxylation sites is 1. The number of carbonyl (C=O) groups excluding carboxylic acids is 3. The second kappa shape index (κ2) is 9.71. The van der Waals surface area contributed by atoms with E-state index in [0.717, 1.165) is 27.6 Å². The number of hydrogen-bond acceptors (Lipinski definition) is 6. The van der Waals surface area contributed by atoms with Crippen LogP contribution in [0.4, 0.5) is 14.9 Å². The first-order valence-corrected chi connectivity index (χ1v) is 12.5. The molecule has 8 nitrogen and oxygen atoms in total. The predicted molar refractivity (Wildman–Crippen MR) is 141 cm³/mol. The van der Waals surface area contributed by atoms with Crippen LogP contribution in [0.5, 0.6) is 11.5 Å². The second-order valence-corrected chi connectivity index (χ2v) is 9.73. The molecular weight excluding hydrogens is 509 g/mol. The summed E-state index contributed by atoms with van der Waals surface area (Å²) in [6.45, 7) is 0.246. The highest BCUT2D eigenvalue weighted by Crippen LogP contribution is 2.36. The van der Waals surface area contributed by atoms with Crippen molar-refractivity contribution in [3.8, 4) is 11.5 Å². The van der Waals surface area contributed by atoms with Crippen LogP contribution in [0, 0.1) is 5.82 Å². The summed E-state index contributed by atoms with van der Waals surface area (Å²) in [5, 5.41) is 3.32. The van der Waals surface area contributed by atoms with Gasteiger partial charge in [-0.15, -0.1) is 0 Å². The van der Waals surface area contributed by atoms with Crippen molar-refractivity contribution in [2.75, 3.05) is 12.1 Å². The van der Waals surface area contributed by atoms with Crippen molar-refractivity contribution < 1.29 is 28.2 Å². The number of nitrogens with zero attached hydrogens (tertiary/aromatic N) is 2. The predicted octanol–water partition coefficient (Wildman–Crippen LogP) is 5.38. The molecule has 0 saturated carbocycles. The minimum Gasteiger partial charge on any atom is -0.454 e. The van der Waals surface area contributed by atoms with E-state index in [2.05, 4.69) is 5.32 Å². The quantitative estimate of drug-likeness (QED) is 0.337. The van der Waals surface area contributed by atoms with Crippen LogP contribution in [0.1, 0.15) is 11.1 Å². The van der Waals surface area contributed by atoms with Gasteiger partial charge in [0.1, 0.15) is 12.4 Å². The zero-order chi connectivity index (χ0) is 26.2. The molecule has 3 amide bonds. The number of thioether (sulfide) groups is 1. The smallest absolute Gasteiger partial charge is 0.293 e. The zero-order valence-corrected chi connectivity index (χ0v) is 20.7. The molecule has 0 spiro atoms. The highest BCUT2D eigenvalue weighted by molar-refractivity contribution is 8.18. The van der Waals surface area contributed by atoms with E-state index in [1.54, 1.807) is 47.2 Å². The van der Waals surface area contributed by atoms with Gasteiger partial charge in [-0.05, 0) is 53.7 Å². The van der Waals surface area contributed by atoms with Gasteiger partial charge in [0, 0.05) is 34.4 Å². The standard InChI is InChI=1S/C28H20FN3O5S/c29-19-7-5-17(6-8-19)13-32-27(34)25(38-28(32)35)11-18-14-31(22-4-2-1-3-21(18)22)15-26(33)30-20-9-10-23-24(12-20)37-16-36-23/h1-12,14H,13,15-16H2,(H,30,33)/b25-11-. The lowest BCUT2D eigenvalue weighted by molar-refractivity contribution is -0.123. The van der Waals surface area contributed by atoms with Gasteiger partial charge in [0.25, 0.3) is 11.1 Å². The van der Waals surface area contributed by atoms with Crippen molar-refractivity contribution in [2.24, 2.45) is 0 Å². The largest absolute Gasteiger partial charge is 0.454 e. The average molecular weight is 530 g/mol. The first kappa shape index (κ1) is 23.8. The maximum absolute atomic E-state index is 13.2. The Morgan fingerprint density at radius 3 is 2.66 bits per heavy atom. The summed E-state index contributed by atoms with van der Waals surface area (Å²) in [4.78, 5) is 39.9. The van der Waals surface area contributed by atoms with Crippen molar-refractivity contribution in [2.45, 2.75) is 13.1 Å². The van der Waals surface area contributed by atoms with Crippen molar-refractivity contribution in [3.05, 3.63) is 94.8 Å². The molecule has 3 aromatic carbocycles. The second-order valence-electron chi connectivity index (χ2n) is 8.74. The Morgan fingerprint density at radius 2 is 1.82 bits per heavy atom. The number of amides is 3. The number of carbonyl (C=O) groups is 3. The fraction of sp³-hybridized carbons (Fsp3) is 0.107. The van der Waals surface area contributed by atoms with Crippen molar-refractivity contribution in [1.82, 2.24) is 9.47 Å². The molecule has 0 bridgehead atoms. The molecule has 1 fully saturated rings. The molecule has 0 radical (unpaired) electrons. The fourth-order valence-corrected chi connectivity index (χ4v) is 5.23. The number of aromatic nitrogens is 1. The summed E-state index contributed by atoms with van der Waals surface area (Å²) in [7, 11) is 0. The van der Waals surface area contributed by atoms with E-state index < -0.39 is 11.1 Å². The van der Waals surface area contributed by atoms with E-state index in [9.17, 15) is 18.8 Å². The number of benzene rings is 3. The Bertz CT molecular complexity index is 1630. The monoisotopic (exact) mass is 529 g/mol. The number of imide groups is 1. The van der Waals surface area contributed by atoms with Gasteiger partial charge in [0.2, 0.25) is 12.7 Å². The summed E-state index contributed by atoms with van der Waals surface area (Å²) in [6, 6.07) is 18.4. The fourth-order valence-electron chi connectivity index (χ4n) is 4.40. The molecule has 0 unspecified atom stereocenters. The lowest BCUT2D eigenvalue weighted by atomic mass is 10.1. The van der Waals surface area contributed by atoms with Gasteiger partial charge in [-0.2, -0.15) is 0 Å². The first-order valence-electron chi connectivity index (χ1n) is 11.7. The van der Waals surface area contributed by atoms with Crippen LogP contribution in [0.15, 0.2) is 77.8 Å². The molecule has 4 aromatic rings. The van der Waals surface area contributed by atoms with Gasteiger partial charge >= 0.3 is 0 Å². The van der Waals surface area contributed by atoms with Gasteiger partial charge in [0.05, 0.1) is 11.4 Å². The summed E-state index contributed by atoms with van der Waals surface area (Å²) in [6.07, 6.45) is 3.46. The molecule has 10 heteroatoms. The SMILES string of the molecule is O=C(Cn1cc(/C=C2\SC(=O)N(Cc3ccc(F)cc3)C2=O)c2ccccc21)Nc1ccc2c(c1)OCO2. The van der Waals surface area contributed by atoms with Gasteiger partial charge in [-0.1, -0.05) is 30.3 Å². The van der Waals surface area contributed by atoms with Gasteiger partial charge < -0.3 is 19.4 Å². The highest BCUT2D eigenvalue weighted by Gasteiger charge is 2.35. The lowest BCUT2D eigenvalue weighted by Crippen LogP contribution is -2.27. The molecule has 1 N–H and O–H groups in total. The van der Waals surface area contributed by atoms with Crippen LogP contribution in [0.25, 0.3) is 17.0 Å². The third-order valence-electron chi connectivity index (χ3n) is 6.20. The van der Waals surface area contributed by atoms with E-state index in [1.165, 1.54) is 12.1 Å². The molecule has 0 aliphatic carbocycles. The zero-order valence-electron chi connectivity index (χ0n) is 19.8. The topological polar surface area (TPSA) is 89.9 Å². The van der Waals surface area contributed by atoms with Crippen LogP contribution in [-0.4, -0.2) is 33.3 Å². The molecule has 1 saturated heterocycles. The van der Waals surface area contributed by atoms with Gasteiger partial charge in [0.15, 0.2) is 11.5 Å². The molecule has 38 heavy (non-hydrogen) atoms. The highest BCUT2D eigenvalue weighted by atomic mass is 32.2. The normalized spacial score (nSPS) is 15.6. The van der Waals surface area contributed by atoms with Gasteiger partial charge in [-0.3, -0.25) is 19.3 Å². The number of ether oxygens (including phenoxy) is 2. The molecule has 2 aliphatic heterocycles. The molecule has 0 atom stereocenters. The van der Waals surface area contributed by atoms with Gasteiger partial charge in [-0.25, -0.2) is 4.39 Å². The molecule has 6 rings (SSSR count). The minimum absolute atomic E-state index is 0.0365.